The first-order chi connectivity index (χ1) is 12.0. The van der Waals surface area contributed by atoms with Crippen LogP contribution in [-0.2, 0) is 20.7 Å². The number of esters is 1. The van der Waals surface area contributed by atoms with E-state index in [9.17, 15) is 9.59 Å². The number of ketones is 1. The third-order valence-corrected chi connectivity index (χ3v) is 5.72. The molecule has 0 saturated heterocycles. The highest BCUT2D eigenvalue weighted by molar-refractivity contribution is 6.16. The van der Waals surface area contributed by atoms with Crippen LogP contribution in [0.5, 0.6) is 5.75 Å². The van der Waals surface area contributed by atoms with E-state index in [1.807, 2.05) is 31.2 Å². The van der Waals surface area contributed by atoms with Crippen LogP contribution in [0.2, 0.25) is 0 Å². The van der Waals surface area contributed by atoms with E-state index in [2.05, 4.69) is 6.07 Å². The second-order valence-electron chi connectivity index (χ2n) is 6.96. The molecule has 2 aromatic carbocycles. The van der Waals surface area contributed by atoms with E-state index in [1.165, 1.54) is 12.7 Å². The minimum Gasteiger partial charge on any atom is -0.497 e. The lowest BCUT2D eigenvalue weighted by Gasteiger charge is -2.33. The largest absolute Gasteiger partial charge is 0.497 e. The van der Waals surface area contributed by atoms with Crippen molar-refractivity contribution >= 4 is 28.1 Å². The van der Waals surface area contributed by atoms with Gasteiger partial charge in [-0.15, -0.1) is 0 Å². The molecule has 2 aliphatic carbocycles. The van der Waals surface area contributed by atoms with E-state index in [0.29, 0.717) is 5.57 Å². The van der Waals surface area contributed by atoms with Gasteiger partial charge in [-0.05, 0) is 59.4 Å². The summed E-state index contributed by atoms with van der Waals surface area (Å²) in [5.74, 6) is 0.539. The van der Waals surface area contributed by atoms with Crippen LogP contribution in [0.15, 0.2) is 35.9 Å². The van der Waals surface area contributed by atoms with Crippen molar-refractivity contribution in [3.05, 3.63) is 47.0 Å². The van der Waals surface area contributed by atoms with Crippen molar-refractivity contribution in [3.63, 3.8) is 0 Å². The number of methoxy groups -OCH3 is 2. The van der Waals surface area contributed by atoms with Gasteiger partial charge < -0.3 is 9.47 Å². The van der Waals surface area contributed by atoms with E-state index >= 15 is 0 Å². The second kappa shape index (κ2) is 5.45. The van der Waals surface area contributed by atoms with Crippen molar-refractivity contribution in [1.29, 1.82) is 0 Å². The maximum absolute atomic E-state index is 12.7. The van der Waals surface area contributed by atoms with E-state index in [0.717, 1.165) is 40.5 Å². The fourth-order valence-electron chi connectivity index (χ4n) is 4.32. The van der Waals surface area contributed by atoms with Gasteiger partial charge in [0.1, 0.15) is 11.5 Å². The van der Waals surface area contributed by atoms with E-state index in [4.69, 9.17) is 9.47 Å². The van der Waals surface area contributed by atoms with Gasteiger partial charge in [0.05, 0.1) is 19.6 Å². The maximum Gasteiger partial charge on any atom is 0.334 e. The number of rotatable bonds is 2. The summed E-state index contributed by atoms with van der Waals surface area (Å²) in [7, 11) is 3.02. The minimum absolute atomic E-state index is 0.114. The molecule has 4 heteroatoms. The van der Waals surface area contributed by atoms with Crippen LogP contribution in [0.25, 0.3) is 16.3 Å². The van der Waals surface area contributed by atoms with Crippen molar-refractivity contribution < 1.29 is 19.1 Å². The first-order valence-electron chi connectivity index (χ1n) is 8.45. The molecule has 2 aliphatic rings. The molecule has 4 nitrogen and oxygen atoms in total. The van der Waals surface area contributed by atoms with Crippen molar-refractivity contribution in [2.75, 3.05) is 14.2 Å². The first kappa shape index (κ1) is 15.9. The fraction of sp³-hybridized carbons (Fsp3) is 0.333. The summed E-state index contributed by atoms with van der Waals surface area (Å²) in [6, 6.07) is 10.1. The zero-order valence-electron chi connectivity index (χ0n) is 14.6. The van der Waals surface area contributed by atoms with Gasteiger partial charge in [-0.25, -0.2) is 4.79 Å². The summed E-state index contributed by atoms with van der Waals surface area (Å²) in [6.07, 6.45) is 1.71. The van der Waals surface area contributed by atoms with Crippen molar-refractivity contribution in [2.45, 2.75) is 26.2 Å². The molecular formula is C21H20O4. The zero-order chi connectivity index (χ0) is 17.8. The predicted molar refractivity (Wildman–Crippen MR) is 95.5 cm³/mol. The number of benzene rings is 2. The Balaban J connectivity index is 1.99. The van der Waals surface area contributed by atoms with Crippen LogP contribution in [-0.4, -0.2) is 26.0 Å². The number of hydrogen-bond donors (Lipinski definition) is 0. The third kappa shape index (κ3) is 2.13. The monoisotopic (exact) mass is 336 g/mol. The van der Waals surface area contributed by atoms with Gasteiger partial charge in [0.25, 0.3) is 0 Å². The molecule has 0 aromatic heterocycles. The number of Topliss-reactive ketones (excluding diaryl/α,β-unsaturated/α-hetero) is 1. The minimum atomic E-state index is -0.587. The Morgan fingerprint density at radius 2 is 1.96 bits per heavy atom. The predicted octanol–water partition coefficient (Wildman–Crippen LogP) is 3.70. The molecule has 2 aromatic rings. The first-order valence-corrected chi connectivity index (χ1v) is 8.45. The smallest absolute Gasteiger partial charge is 0.334 e. The molecule has 1 atom stereocenters. The lowest BCUT2D eigenvalue weighted by Crippen LogP contribution is -2.29. The molecule has 4 rings (SSSR count). The van der Waals surface area contributed by atoms with Crippen LogP contribution in [0.4, 0.5) is 0 Å². The van der Waals surface area contributed by atoms with E-state index in [-0.39, 0.29) is 12.2 Å². The normalized spacial score (nSPS) is 22.0. The van der Waals surface area contributed by atoms with Gasteiger partial charge in [0.15, 0.2) is 0 Å². The van der Waals surface area contributed by atoms with Gasteiger partial charge in [-0.3, -0.25) is 4.79 Å². The molecule has 0 saturated carbocycles. The van der Waals surface area contributed by atoms with Crippen LogP contribution >= 0.6 is 0 Å². The molecular weight excluding hydrogens is 316 g/mol. The number of carbonyl (C=O) groups is 2. The van der Waals surface area contributed by atoms with Crippen LogP contribution < -0.4 is 4.74 Å². The van der Waals surface area contributed by atoms with Crippen LogP contribution in [0.3, 0.4) is 0 Å². The Morgan fingerprint density at radius 3 is 2.68 bits per heavy atom. The number of aryl methyl sites for hydroxylation is 1. The average molecular weight is 336 g/mol. The molecule has 128 valence electrons. The van der Waals surface area contributed by atoms with Gasteiger partial charge in [0, 0.05) is 12.0 Å². The average Bonchev–Trinajstić information content (AvgIpc) is 2.91. The number of fused-ring (bicyclic) bond motifs is 5. The molecule has 0 N–H and O–H groups in total. The molecule has 0 heterocycles. The lowest BCUT2D eigenvalue weighted by atomic mass is 9.68. The molecule has 0 amide bonds. The Hall–Kier alpha value is -2.62. The highest BCUT2D eigenvalue weighted by atomic mass is 16.5. The summed E-state index contributed by atoms with van der Waals surface area (Å²) < 4.78 is 10.3. The summed E-state index contributed by atoms with van der Waals surface area (Å²) in [4.78, 5) is 24.9. The van der Waals surface area contributed by atoms with Gasteiger partial charge in [-0.2, -0.15) is 0 Å². The summed E-state index contributed by atoms with van der Waals surface area (Å²) in [5, 5.41) is 2.25. The van der Waals surface area contributed by atoms with Crippen LogP contribution in [0, 0.1) is 5.41 Å². The van der Waals surface area contributed by atoms with E-state index < -0.39 is 11.4 Å². The number of ether oxygens (including phenoxy) is 2. The Labute approximate surface area is 146 Å². The Morgan fingerprint density at radius 1 is 1.16 bits per heavy atom. The van der Waals surface area contributed by atoms with Gasteiger partial charge in [-0.1, -0.05) is 18.2 Å². The van der Waals surface area contributed by atoms with Gasteiger partial charge in [0.2, 0.25) is 0 Å². The maximum atomic E-state index is 12.7. The Bertz CT molecular complexity index is 954. The molecule has 0 fully saturated rings. The van der Waals surface area contributed by atoms with Gasteiger partial charge >= 0.3 is 5.97 Å². The molecule has 25 heavy (non-hydrogen) atoms. The summed E-state index contributed by atoms with van der Waals surface area (Å²) in [6.45, 7) is 1.96. The SMILES string of the molecule is COC(=O)C1=C2c3ccc4cc(OC)ccc4c3CCC2(C)C(=O)C1. The molecule has 0 radical (unpaired) electrons. The molecule has 1 unspecified atom stereocenters. The Kier molecular flexibility index (Phi) is 3.46. The fourth-order valence-corrected chi connectivity index (χ4v) is 4.32. The molecule has 0 spiro atoms. The number of hydrogen-bond acceptors (Lipinski definition) is 4. The third-order valence-electron chi connectivity index (χ3n) is 5.72. The lowest BCUT2D eigenvalue weighted by molar-refractivity contribution is -0.136. The van der Waals surface area contributed by atoms with E-state index in [1.54, 1.807) is 7.11 Å². The van der Waals surface area contributed by atoms with Crippen molar-refractivity contribution in [1.82, 2.24) is 0 Å². The second-order valence-corrected chi connectivity index (χ2v) is 6.96. The zero-order valence-corrected chi connectivity index (χ0v) is 14.6. The highest BCUT2D eigenvalue weighted by Crippen LogP contribution is 2.53. The topological polar surface area (TPSA) is 52.6 Å². The highest BCUT2D eigenvalue weighted by Gasteiger charge is 2.49. The van der Waals surface area contributed by atoms with Crippen molar-refractivity contribution in [2.24, 2.45) is 5.41 Å². The summed E-state index contributed by atoms with van der Waals surface area (Å²) >= 11 is 0. The molecule has 0 aliphatic heterocycles. The molecule has 0 bridgehead atoms. The standard InChI is InChI=1S/C21H20O4/c1-21-9-8-15-14-7-5-13(24-2)10-12(14)4-6-16(15)19(21)17(11-18(21)22)20(23)25-3/h4-7,10H,8-9,11H2,1-3H3. The quantitative estimate of drug-likeness (QED) is 0.785. The summed E-state index contributed by atoms with van der Waals surface area (Å²) in [5.41, 5.74) is 3.00. The number of allylic oxidation sites excluding steroid dienone is 1. The van der Waals surface area contributed by atoms with Crippen LogP contribution in [0.1, 0.15) is 30.9 Å². The number of carbonyl (C=O) groups excluding carboxylic acids is 2. The van der Waals surface area contributed by atoms with Crippen molar-refractivity contribution in [3.8, 4) is 5.75 Å².